The van der Waals surface area contributed by atoms with Gasteiger partial charge in [0.25, 0.3) is 10.0 Å². The standard InChI is InChI=1S/C17H21N3O5S2/c1-3-20(4-2)27(24,25)16-11-9-15(10-12-16)26(22,23)19-14-7-5-13(6-8-14)17(18)21/h5-12,19H,3-4H2,1-2H3,(H2,18,21). The Kier molecular flexibility index (Phi) is 6.24. The average Bonchev–Trinajstić information content (AvgIpc) is 2.62. The highest BCUT2D eigenvalue weighted by Crippen LogP contribution is 2.20. The molecule has 0 saturated carbocycles. The molecule has 0 fully saturated rings. The summed E-state index contributed by atoms with van der Waals surface area (Å²) in [6.07, 6.45) is 0. The van der Waals surface area contributed by atoms with Crippen molar-refractivity contribution in [3.63, 3.8) is 0 Å². The summed E-state index contributed by atoms with van der Waals surface area (Å²) >= 11 is 0. The fourth-order valence-corrected chi connectivity index (χ4v) is 4.94. The number of rotatable bonds is 8. The van der Waals surface area contributed by atoms with Crippen LogP contribution < -0.4 is 10.5 Å². The molecule has 0 bridgehead atoms. The third-order valence-corrected chi connectivity index (χ3v) is 7.36. The number of hydrogen-bond donors (Lipinski definition) is 2. The van der Waals surface area contributed by atoms with E-state index in [1.807, 2.05) is 0 Å². The number of nitrogens with one attached hydrogen (secondary N) is 1. The van der Waals surface area contributed by atoms with E-state index in [0.717, 1.165) is 0 Å². The number of anilines is 1. The molecule has 2 aromatic rings. The lowest BCUT2D eigenvalue weighted by molar-refractivity contribution is 0.100. The molecule has 0 unspecified atom stereocenters. The van der Waals surface area contributed by atoms with Crippen LogP contribution in [0.4, 0.5) is 5.69 Å². The molecule has 0 aliphatic heterocycles. The third kappa shape index (κ3) is 4.65. The molecule has 10 heteroatoms. The number of benzene rings is 2. The van der Waals surface area contributed by atoms with E-state index in [2.05, 4.69) is 4.72 Å². The molecule has 2 aromatic carbocycles. The minimum atomic E-state index is -3.91. The van der Waals surface area contributed by atoms with Crippen LogP contribution in [-0.4, -0.2) is 40.1 Å². The number of nitrogens with zero attached hydrogens (tertiary/aromatic N) is 1. The lowest BCUT2D eigenvalue weighted by Crippen LogP contribution is -2.30. The fraction of sp³-hybridized carbons (Fsp3) is 0.235. The highest BCUT2D eigenvalue weighted by atomic mass is 32.2. The molecule has 27 heavy (non-hydrogen) atoms. The quantitative estimate of drug-likeness (QED) is 0.682. The molecular formula is C17H21N3O5S2. The topological polar surface area (TPSA) is 127 Å². The largest absolute Gasteiger partial charge is 0.366 e. The van der Waals surface area contributed by atoms with Gasteiger partial charge in [-0.1, -0.05) is 13.8 Å². The van der Waals surface area contributed by atoms with E-state index in [1.54, 1.807) is 13.8 Å². The second-order valence-corrected chi connectivity index (χ2v) is 9.23. The van der Waals surface area contributed by atoms with Crippen LogP contribution in [0.3, 0.4) is 0 Å². The minimum absolute atomic E-state index is 0.0240. The Morgan fingerprint density at radius 3 is 1.81 bits per heavy atom. The summed E-state index contributed by atoms with van der Waals surface area (Å²) in [6, 6.07) is 10.6. The summed E-state index contributed by atoms with van der Waals surface area (Å²) in [6.45, 7) is 4.10. The summed E-state index contributed by atoms with van der Waals surface area (Å²) in [4.78, 5) is 11.0. The zero-order chi connectivity index (χ0) is 20.2. The summed E-state index contributed by atoms with van der Waals surface area (Å²) in [7, 11) is -7.58. The van der Waals surface area contributed by atoms with Crippen molar-refractivity contribution < 1.29 is 21.6 Å². The van der Waals surface area contributed by atoms with Crippen LogP contribution in [0, 0.1) is 0 Å². The van der Waals surface area contributed by atoms with Crippen LogP contribution >= 0.6 is 0 Å². The first-order valence-electron chi connectivity index (χ1n) is 8.14. The van der Waals surface area contributed by atoms with Gasteiger partial charge >= 0.3 is 0 Å². The first kappa shape index (κ1) is 20.9. The lowest BCUT2D eigenvalue weighted by atomic mass is 10.2. The van der Waals surface area contributed by atoms with Crippen LogP contribution in [-0.2, 0) is 20.0 Å². The molecule has 8 nitrogen and oxygen atoms in total. The number of hydrogen-bond acceptors (Lipinski definition) is 5. The molecule has 2 rings (SSSR count). The SMILES string of the molecule is CCN(CC)S(=O)(=O)c1ccc(S(=O)(=O)Nc2ccc(C(N)=O)cc2)cc1. The first-order chi connectivity index (χ1) is 12.6. The second kappa shape index (κ2) is 8.07. The molecule has 0 spiro atoms. The van der Waals surface area contributed by atoms with Crippen molar-refractivity contribution in [2.45, 2.75) is 23.6 Å². The fourth-order valence-electron chi connectivity index (χ4n) is 2.42. The van der Waals surface area contributed by atoms with Gasteiger partial charge in [0.1, 0.15) is 0 Å². The van der Waals surface area contributed by atoms with E-state index in [9.17, 15) is 21.6 Å². The maximum absolute atomic E-state index is 12.5. The van der Waals surface area contributed by atoms with Crippen LogP contribution in [0.15, 0.2) is 58.3 Å². The van der Waals surface area contributed by atoms with Crippen molar-refractivity contribution in [2.75, 3.05) is 17.8 Å². The van der Waals surface area contributed by atoms with E-state index < -0.39 is 26.0 Å². The van der Waals surface area contributed by atoms with Gasteiger partial charge in [-0.2, -0.15) is 4.31 Å². The molecule has 0 saturated heterocycles. The van der Waals surface area contributed by atoms with E-state index in [-0.39, 0.29) is 21.0 Å². The molecule has 0 atom stereocenters. The predicted molar refractivity (Wildman–Crippen MR) is 102 cm³/mol. The van der Waals surface area contributed by atoms with Gasteiger partial charge in [0.2, 0.25) is 15.9 Å². The van der Waals surface area contributed by atoms with Crippen molar-refractivity contribution in [1.82, 2.24) is 4.31 Å². The smallest absolute Gasteiger partial charge is 0.261 e. The highest BCUT2D eigenvalue weighted by molar-refractivity contribution is 7.92. The summed E-state index contributed by atoms with van der Waals surface area (Å²) in [5, 5.41) is 0. The van der Waals surface area contributed by atoms with Gasteiger partial charge in [-0.15, -0.1) is 0 Å². The number of carbonyl (C=O) groups is 1. The number of amides is 1. The molecule has 146 valence electrons. The number of primary amides is 1. The summed E-state index contributed by atoms with van der Waals surface area (Å²) < 4.78 is 53.5. The van der Waals surface area contributed by atoms with Crippen molar-refractivity contribution in [3.8, 4) is 0 Å². The monoisotopic (exact) mass is 411 g/mol. The molecular weight excluding hydrogens is 390 g/mol. The van der Waals surface area contributed by atoms with Gasteiger partial charge in [-0.3, -0.25) is 9.52 Å². The first-order valence-corrected chi connectivity index (χ1v) is 11.1. The highest BCUT2D eigenvalue weighted by Gasteiger charge is 2.22. The maximum Gasteiger partial charge on any atom is 0.261 e. The number of sulfonamides is 2. The zero-order valence-electron chi connectivity index (χ0n) is 14.9. The predicted octanol–water partition coefficient (Wildman–Crippen LogP) is 1.62. The number of carbonyl (C=O) groups excluding carboxylic acids is 1. The molecule has 0 aliphatic rings. The summed E-state index contributed by atoms with van der Waals surface area (Å²) in [5.41, 5.74) is 5.65. The van der Waals surface area contributed by atoms with Gasteiger partial charge in [-0.25, -0.2) is 16.8 Å². The van der Waals surface area contributed by atoms with Crippen LogP contribution in [0.5, 0.6) is 0 Å². The molecule has 0 radical (unpaired) electrons. The van der Waals surface area contributed by atoms with Gasteiger partial charge in [0.05, 0.1) is 9.79 Å². The maximum atomic E-state index is 12.5. The van der Waals surface area contributed by atoms with Crippen molar-refractivity contribution >= 4 is 31.6 Å². The van der Waals surface area contributed by atoms with Crippen LogP contribution in [0.25, 0.3) is 0 Å². The Hall–Kier alpha value is -2.43. The molecule has 0 aliphatic carbocycles. The minimum Gasteiger partial charge on any atom is -0.366 e. The van der Waals surface area contributed by atoms with E-state index >= 15 is 0 Å². The number of nitrogens with two attached hydrogens (primary N) is 1. The van der Waals surface area contributed by atoms with Gasteiger partial charge < -0.3 is 5.73 Å². The van der Waals surface area contributed by atoms with Gasteiger partial charge in [0.15, 0.2) is 0 Å². The Morgan fingerprint density at radius 1 is 0.889 bits per heavy atom. The third-order valence-electron chi connectivity index (χ3n) is 3.90. The summed E-state index contributed by atoms with van der Waals surface area (Å²) in [5.74, 6) is -0.616. The van der Waals surface area contributed by atoms with Gasteiger partial charge in [-0.05, 0) is 48.5 Å². The van der Waals surface area contributed by atoms with Crippen LogP contribution in [0.2, 0.25) is 0 Å². The Morgan fingerprint density at radius 2 is 1.37 bits per heavy atom. The van der Waals surface area contributed by atoms with Crippen LogP contribution in [0.1, 0.15) is 24.2 Å². The Bertz CT molecular complexity index is 1010. The van der Waals surface area contributed by atoms with Crippen molar-refractivity contribution in [1.29, 1.82) is 0 Å². The van der Waals surface area contributed by atoms with Crippen molar-refractivity contribution in [3.05, 3.63) is 54.1 Å². The normalized spacial score (nSPS) is 12.1. The van der Waals surface area contributed by atoms with E-state index in [1.165, 1.54) is 52.8 Å². The molecule has 1 amide bonds. The molecule has 0 heterocycles. The van der Waals surface area contributed by atoms with E-state index in [0.29, 0.717) is 13.1 Å². The molecule has 0 aromatic heterocycles. The van der Waals surface area contributed by atoms with E-state index in [4.69, 9.17) is 5.73 Å². The Labute approximate surface area is 159 Å². The Balaban J connectivity index is 2.26. The molecule has 3 N–H and O–H groups in total. The second-order valence-electron chi connectivity index (χ2n) is 5.61. The lowest BCUT2D eigenvalue weighted by Gasteiger charge is -2.18. The average molecular weight is 412 g/mol. The zero-order valence-corrected chi connectivity index (χ0v) is 16.5. The van der Waals surface area contributed by atoms with Crippen molar-refractivity contribution in [2.24, 2.45) is 5.73 Å². The van der Waals surface area contributed by atoms with Gasteiger partial charge in [0, 0.05) is 24.3 Å².